The molecule has 4 heteroatoms. The topological polar surface area (TPSA) is 63.6 Å². The van der Waals surface area contributed by atoms with Gasteiger partial charge in [-0.2, -0.15) is 0 Å². The van der Waals surface area contributed by atoms with Crippen LogP contribution in [0.25, 0.3) is 0 Å². The van der Waals surface area contributed by atoms with E-state index in [1.54, 1.807) is 0 Å². The van der Waals surface area contributed by atoms with Crippen molar-refractivity contribution in [2.24, 2.45) is 0 Å². The Bertz CT molecular complexity index is 172. The molecule has 0 amide bonds. The molecule has 0 rings (SSSR count). The molecule has 12 heavy (non-hydrogen) atoms. The maximum atomic E-state index is 9.84. The maximum Gasteiger partial charge on any atom is 0.329 e. The number of hydrogen-bond donors (Lipinski definition) is 1. The summed E-state index contributed by atoms with van der Waals surface area (Å²) in [6, 6.07) is 0. The molecule has 1 N–H and O–H groups in total. The van der Waals surface area contributed by atoms with Crippen molar-refractivity contribution in [3.05, 3.63) is 25.3 Å². The minimum absolute atomic E-state index is 0.0556. The van der Waals surface area contributed by atoms with Crippen molar-refractivity contribution in [2.45, 2.75) is 6.42 Å². The van der Waals surface area contributed by atoms with Crippen molar-refractivity contribution >= 4 is 11.9 Å². The van der Waals surface area contributed by atoms with Gasteiger partial charge in [0, 0.05) is 6.08 Å². The predicted octanol–water partition coefficient (Wildman–Crippen LogP) is 0.992. The van der Waals surface area contributed by atoms with Crippen molar-refractivity contribution in [1.29, 1.82) is 0 Å². The number of carboxylic acids is 1. The number of carbonyl (C=O) groups excluding carboxylic acids is 1. The average Bonchev–Trinajstić information content (AvgIpc) is 2.04. The van der Waals surface area contributed by atoms with Gasteiger partial charge in [0.1, 0.15) is 0 Å². The molecule has 0 spiro atoms. The van der Waals surface area contributed by atoms with Crippen LogP contribution < -0.4 is 0 Å². The third-order valence-electron chi connectivity index (χ3n) is 0.687. The first kappa shape index (κ1) is 13.0. The highest BCUT2D eigenvalue weighted by Crippen LogP contribution is 1.74. The zero-order chi connectivity index (χ0) is 9.98. The van der Waals surface area contributed by atoms with E-state index in [1.165, 1.54) is 13.2 Å². The normalized spacial score (nSPS) is 7.08. The van der Waals surface area contributed by atoms with Crippen LogP contribution in [0.4, 0.5) is 0 Å². The number of carbonyl (C=O) groups is 2. The van der Waals surface area contributed by atoms with E-state index in [1.807, 2.05) is 0 Å². The van der Waals surface area contributed by atoms with E-state index in [-0.39, 0.29) is 6.42 Å². The summed E-state index contributed by atoms with van der Waals surface area (Å²) >= 11 is 0. The molecule has 0 aliphatic carbocycles. The number of carboxylic acid groups (broad SMARTS) is 1. The van der Waals surface area contributed by atoms with Crippen LogP contribution >= 0.6 is 0 Å². The van der Waals surface area contributed by atoms with E-state index in [4.69, 9.17) is 5.11 Å². The molecule has 0 aromatic carbocycles. The fourth-order valence-corrected chi connectivity index (χ4v) is 0.207. The highest BCUT2D eigenvalue weighted by atomic mass is 16.5. The number of ether oxygens (including phenoxy) is 1. The second-order valence-corrected chi connectivity index (χ2v) is 1.61. The summed E-state index contributed by atoms with van der Waals surface area (Å²) in [7, 11) is 1.31. The fourth-order valence-electron chi connectivity index (χ4n) is 0.207. The number of rotatable bonds is 3. The molecule has 0 aliphatic rings. The highest BCUT2D eigenvalue weighted by Gasteiger charge is 1.84. The third-order valence-corrected chi connectivity index (χ3v) is 0.687. The molecular weight excluding hydrogens is 160 g/mol. The van der Waals surface area contributed by atoms with Gasteiger partial charge in [0.05, 0.1) is 13.5 Å². The molecular formula is C8H12O4. The van der Waals surface area contributed by atoms with E-state index in [9.17, 15) is 9.59 Å². The lowest BCUT2D eigenvalue weighted by molar-refractivity contribution is -0.136. The fraction of sp³-hybridized carbons (Fsp3) is 0.250. The molecule has 0 atom stereocenters. The van der Waals surface area contributed by atoms with E-state index >= 15 is 0 Å². The SMILES string of the molecule is C=CC(=O)OC.C=CCC(=O)O. The van der Waals surface area contributed by atoms with Gasteiger partial charge in [-0.1, -0.05) is 12.7 Å². The zero-order valence-corrected chi connectivity index (χ0v) is 6.95. The molecule has 0 aliphatic heterocycles. The molecule has 0 saturated carbocycles. The first-order valence-electron chi connectivity index (χ1n) is 3.11. The molecule has 4 nitrogen and oxygen atoms in total. The smallest absolute Gasteiger partial charge is 0.329 e. The Hall–Kier alpha value is -1.58. The lowest BCUT2D eigenvalue weighted by atomic mass is 10.4. The second kappa shape index (κ2) is 9.42. The van der Waals surface area contributed by atoms with Crippen molar-refractivity contribution in [2.75, 3.05) is 7.11 Å². The van der Waals surface area contributed by atoms with Gasteiger partial charge in [0.25, 0.3) is 0 Å². The molecule has 0 heterocycles. The van der Waals surface area contributed by atoms with Gasteiger partial charge in [-0.05, 0) is 0 Å². The first-order chi connectivity index (χ1) is 5.58. The van der Waals surface area contributed by atoms with Gasteiger partial charge < -0.3 is 9.84 Å². The van der Waals surface area contributed by atoms with Gasteiger partial charge in [-0.15, -0.1) is 6.58 Å². The predicted molar refractivity (Wildman–Crippen MR) is 44.7 cm³/mol. The Balaban J connectivity index is 0. The summed E-state index contributed by atoms with van der Waals surface area (Å²) in [4.78, 5) is 19.4. The largest absolute Gasteiger partial charge is 0.481 e. The summed E-state index contributed by atoms with van der Waals surface area (Å²) in [6.07, 6.45) is 2.52. The van der Waals surface area contributed by atoms with Gasteiger partial charge in [0.2, 0.25) is 0 Å². The Morgan fingerprint density at radius 2 is 2.00 bits per heavy atom. The van der Waals surface area contributed by atoms with Crippen LogP contribution in [0, 0.1) is 0 Å². The second-order valence-electron chi connectivity index (χ2n) is 1.61. The minimum Gasteiger partial charge on any atom is -0.481 e. The van der Waals surface area contributed by atoms with Gasteiger partial charge in [-0.3, -0.25) is 4.79 Å². The Labute approximate surface area is 71.2 Å². The van der Waals surface area contributed by atoms with Crippen LogP contribution in [0.1, 0.15) is 6.42 Å². The number of hydrogen-bond acceptors (Lipinski definition) is 3. The number of esters is 1. The van der Waals surface area contributed by atoms with E-state index in [0.29, 0.717) is 0 Å². The highest BCUT2D eigenvalue weighted by molar-refractivity contribution is 5.80. The molecule has 0 aromatic rings. The van der Waals surface area contributed by atoms with E-state index in [0.717, 1.165) is 6.08 Å². The molecule has 0 fully saturated rings. The molecule has 0 bridgehead atoms. The Kier molecular flexibility index (Phi) is 10.2. The third kappa shape index (κ3) is 15.8. The first-order valence-corrected chi connectivity index (χ1v) is 3.11. The van der Waals surface area contributed by atoms with Gasteiger partial charge >= 0.3 is 11.9 Å². The van der Waals surface area contributed by atoms with Crippen LogP contribution in [0.5, 0.6) is 0 Å². The number of methoxy groups -OCH3 is 1. The van der Waals surface area contributed by atoms with Crippen LogP contribution in [0.2, 0.25) is 0 Å². The molecule has 0 aromatic heterocycles. The van der Waals surface area contributed by atoms with Crippen molar-refractivity contribution < 1.29 is 19.4 Å². The molecule has 68 valence electrons. The van der Waals surface area contributed by atoms with Crippen molar-refractivity contribution in [1.82, 2.24) is 0 Å². The summed E-state index contributed by atoms with van der Waals surface area (Å²) in [5, 5.41) is 7.84. The summed E-state index contributed by atoms with van der Waals surface area (Å²) in [5.74, 6) is -1.22. The van der Waals surface area contributed by atoms with Gasteiger partial charge in [-0.25, -0.2) is 4.79 Å². The van der Waals surface area contributed by atoms with E-state index in [2.05, 4.69) is 17.9 Å². The lowest BCUT2D eigenvalue weighted by Gasteiger charge is -1.83. The van der Waals surface area contributed by atoms with Crippen LogP contribution in [-0.4, -0.2) is 24.2 Å². The van der Waals surface area contributed by atoms with Gasteiger partial charge in [0.15, 0.2) is 0 Å². The molecule has 0 radical (unpaired) electrons. The van der Waals surface area contributed by atoms with E-state index < -0.39 is 11.9 Å². The van der Waals surface area contributed by atoms with Crippen molar-refractivity contribution in [3.63, 3.8) is 0 Å². The zero-order valence-electron chi connectivity index (χ0n) is 6.95. The monoisotopic (exact) mass is 172 g/mol. The number of aliphatic carboxylic acids is 1. The van der Waals surface area contributed by atoms with Crippen LogP contribution in [-0.2, 0) is 14.3 Å². The van der Waals surface area contributed by atoms with Crippen LogP contribution in [0.15, 0.2) is 25.3 Å². The summed E-state index contributed by atoms with van der Waals surface area (Å²) in [6.45, 7) is 6.38. The summed E-state index contributed by atoms with van der Waals surface area (Å²) in [5.41, 5.74) is 0. The molecule has 0 unspecified atom stereocenters. The quantitative estimate of drug-likeness (QED) is 0.391. The minimum atomic E-state index is -0.829. The average molecular weight is 172 g/mol. The summed E-state index contributed by atoms with van der Waals surface area (Å²) < 4.78 is 4.14. The van der Waals surface area contributed by atoms with Crippen molar-refractivity contribution in [3.8, 4) is 0 Å². The Morgan fingerprint density at radius 1 is 1.50 bits per heavy atom. The standard InChI is InChI=1S/2C4H6O2/c1-3-4(5)6-2;1-2-3-4(5)6/h3H,1H2,2H3;2H,1,3H2,(H,5,6). The molecule has 0 saturated heterocycles. The lowest BCUT2D eigenvalue weighted by Crippen LogP contribution is -1.91. The van der Waals surface area contributed by atoms with Crippen LogP contribution in [0.3, 0.4) is 0 Å². The Morgan fingerprint density at radius 3 is 2.00 bits per heavy atom. The maximum absolute atomic E-state index is 9.84.